The van der Waals surface area contributed by atoms with E-state index in [2.05, 4.69) is 10.2 Å². The molecular weight excluding hydrogens is 204 g/mol. The number of fused-ring (bicyclic) bond motifs is 2. The molecule has 2 aromatic carbocycles. The number of ketones is 1. The van der Waals surface area contributed by atoms with Gasteiger partial charge in [0.1, 0.15) is 0 Å². The molecule has 4 heteroatoms. The van der Waals surface area contributed by atoms with Gasteiger partial charge in [-0.2, -0.15) is 0 Å². The van der Waals surface area contributed by atoms with Gasteiger partial charge in [-0.3, -0.25) is 9.59 Å². The van der Waals surface area contributed by atoms with Crippen LogP contribution in [0, 0.1) is 0 Å². The molecule has 3 rings (SSSR count). The van der Waals surface area contributed by atoms with Gasteiger partial charge in [-0.1, -0.05) is 24.3 Å². The summed E-state index contributed by atoms with van der Waals surface area (Å²) in [6.45, 7) is 0. The number of azo groups is 1. The zero-order valence-corrected chi connectivity index (χ0v) is 8.18. The lowest BCUT2D eigenvalue weighted by molar-refractivity contribution is -0.114. The van der Waals surface area contributed by atoms with E-state index in [-0.39, 0.29) is 0 Å². The van der Waals surface area contributed by atoms with Gasteiger partial charge in [0.05, 0.1) is 11.3 Å². The summed E-state index contributed by atoms with van der Waals surface area (Å²) in [6.07, 6.45) is 0. The maximum Gasteiger partial charge on any atom is 0.336 e. The van der Waals surface area contributed by atoms with Crippen molar-refractivity contribution in [3.8, 4) is 0 Å². The van der Waals surface area contributed by atoms with Gasteiger partial charge in [-0.05, 0) is 22.9 Å². The van der Waals surface area contributed by atoms with E-state index in [0.717, 1.165) is 10.8 Å². The fourth-order valence-electron chi connectivity index (χ4n) is 1.75. The van der Waals surface area contributed by atoms with Crippen molar-refractivity contribution in [1.82, 2.24) is 0 Å². The van der Waals surface area contributed by atoms with E-state index in [0.29, 0.717) is 11.3 Å². The maximum absolute atomic E-state index is 11.6. The smallest absolute Gasteiger partial charge is 0.283 e. The summed E-state index contributed by atoms with van der Waals surface area (Å²) in [4.78, 5) is 22.6. The van der Waals surface area contributed by atoms with Gasteiger partial charge in [0, 0.05) is 0 Å². The minimum Gasteiger partial charge on any atom is -0.283 e. The highest BCUT2D eigenvalue weighted by atomic mass is 16.2. The SMILES string of the molecule is O=C1N=Nc2cc3ccccc3cc2C1=O. The molecule has 2 aromatic rings. The second-order valence-corrected chi connectivity index (χ2v) is 3.55. The van der Waals surface area contributed by atoms with Crippen molar-refractivity contribution in [3.63, 3.8) is 0 Å². The molecule has 0 aliphatic carbocycles. The number of carbonyl (C=O) groups excluding carboxylic acids is 2. The minimum atomic E-state index is -0.803. The third-order valence-corrected chi connectivity index (χ3v) is 2.55. The van der Waals surface area contributed by atoms with Crippen molar-refractivity contribution in [2.45, 2.75) is 0 Å². The van der Waals surface area contributed by atoms with E-state index in [9.17, 15) is 9.59 Å². The van der Waals surface area contributed by atoms with Crippen LogP contribution >= 0.6 is 0 Å². The molecule has 0 atom stereocenters. The van der Waals surface area contributed by atoms with Gasteiger partial charge in [-0.25, -0.2) is 0 Å². The van der Waals surface area contributed by atoms with Gasteiger partial charge in [0.15, 0.2) is 0 Å². The first-order valence-electron chi connectivity index (χ1n) is 4.79. The highest BCUT2D eigenvalue weighted by molar-refractivity contribution is 6.45. The zero-order valence-electron chi connectivity index (χ0n) is 8.18. The van der Waals surface area contributed by atoms with Crippen LogP contribution in [0.1, 0.15) is 10.4 Å². The Morgan fingerprint density at radius 1 is 0.875 bits per heavy atom. The zero-order chi connectivity index (χ0) is 11.1. The summed E-state index contributed by atoms with van der Waals surface area (Å²) < 4.78 is 0. The van der Waals surface area contributed by atoms with Crippen LogP contribution in [-0.2, 0) is 4.79 Å². The number of hydrogen-bond acceptors (Lipinski definition) is 3. The van der Waals surface area contributed by atoms with Gasteiger partial charge in [-0.15, -0.1) is 10.2 Å². The Hall–Kier alpha value is -2.36. The standard InChI is InChI=1S/C12H6N2O2/c15-11-9-5-7-3-1-2-4-8(7)6-10(9)13-14-12(11)16/h1-6H. The first-order valence-corrected chi connectivity index (χ1v) is 4.79. The van der Waals surface area contributed by atoms with Crippen molar-refractivity contribution in [1.29, 1.82) is 0 Å². The molecule has 0 bridgehead atoms. The Labute approximate surface area is 90.6 Å². The molecular formula is C12H6N2O2. The summed E-state index contributed by atoms with van der Waals surface area (Å²) in [6, 6.07) is 11.0. The highest BCUT2D eigenvalue weighted by Crippen LogP contribution is 2.29. The molecule has 0 saturated carbocycles. The third-order valence-electron chi connectivity index (χ3n) is 2.55. The Morgan fingerprint density at radius 2 is 1.56 bits per heavy atom. The molecule has 0 fully saturated rings. The van der Waals surface area contributed by atoms with Crippen LogP contribution in [0.15, 0.2) is 46.6 Å². The predicted octanol–water partition coefficient (Wildman–Crippen LogP) is 2.65. The van der Waals surface area contributed by atoms with Gasteiger partial charge < -0.3 is 0 Å². The molecule has 0 unspecified atom stereocenters. The Kier molecular flexibility index (Phi) is 1.71. The van der Waals surface area contributed by atoms with Crippen LogP contribution in [0.3, 0.4) is 0 Å². The molecule has 1 aliphatic heterocycles. The van der Waals surface area contributed by atoms with E-state index in [4.69, 9.17) is 0 Å². The number of benzene rings is 2. The molecule has 0 aromatic heterocycles. The number of Topliss-reactive ketones (excluding diaryl/α,β-unsaturated/α-hetero) is 1. The van der Waals surface area contributed by atoms with E-state index >= 15 is 0 Å². The van der Waals surface area contributed by atoms with Crippen LogP contribution in [0.25, 0.3) is 10.8 Å². The minimum absolute atomic E-state index is 0.332. The average Bonchev–Trinajstić information content (AvgIpc) is 2.32. The van der Waals surface area contributed by atoms with Crippen molar-refractivity contribution >= 4 is 28.2 Å². The molecule has 0 N–H and O–H groups in total. The molecule has 16 heavy (non-hydrogen) atoms. The predicted molar refractivity (Wildman–Crippen MR) is 57.8 cm³/mol. The second-order valence-electron chi connectivity index (χ2n) is 3.55. The normalized spacial score (nSPS) is 14.2. The van der Waals surface area contributed by atoms with Crippen LogP contribution in [0.2, 0.25) is 0 Å². The van der Waals surface area contributed by atoms with Crippen LogP contribution in [0.4, 0.5) is 5.69 Å². The van der Waals surface area contributed by atoms with Gasteiger partial charge >= 0.3 is 5.91 Å². The van der Waals surface area contributed by atoms with Gasteiger partial charge in [0.2, 0.25) is 0 Å². The number of rotatable bonds is 0. The maximum atomic E-state index is 11.6. The van der Waals surface area contributed by atoms with E-state index < -0.39 is 11.7 Å². The summed E-state index contributed by atoms with van der Waals surface area (Å²) in [7, 11) is 0. The number of amides is 1. The lowest BCUT2D eigenvalue weighted by atomic mass is 10.0. The van der Waals surface area contributed by atoms with Crippen molar-refractivity contribution < 1.29 is 9.59 Å². The van der Waals surface area contributed by atoms with E-state index in [1.807, 2.05) is 24.3 Å². The fraction of sp³-hybridized carbons (Fsp3) is 0. The largest absolute Gasteiger partial charge is 0.336 e. The molecule has 0 radical (unpaired) electrons. The topological polar surface area (TPSA) is 58.9 Å². The van der Waals surface area contributed by atoms with Gasteiger partial charge in [0.25, 0.3) is 5.78 Å². The van der Waals surface area contributed by atoms with Crippen molar-refractivity contribution in [2.75, 3.05) is 0 Å². The molecule has 1 heterocycles. The highest BCUT2D eigenvalue weighted by Gasteiger charge is 2.24. The summed E-state index contributed by atoms with van der Waals surface area (Å²) >= 11 is 0. The molecule has 76 valence electrons. The van der Waals surface area contributed by atoms with E-state index in [1.54, 1.807) is 12.1 Å². The monoisotopic (exact) mass is 210 g/mol. The first kappa shape index (κ1) is 8.91. The second kappa shape index (κ2) is 3.06. The molecule has 1 amide bonds. The van der Waals surface area contributed by atoms with Crippen LogP contribution < -0.4 is 0 Å². The van der Waals surface area contributed by atoms with Crippen molar-refractivity contribution in [3.05, 3.63) is 42.0 Å². The Morgan fingerprint density at radius 3 is 2.31 bits per heavy atom. The molecule has 0 saturated heterocycles. The molecule has 0 spiro atoms. The first-order chi connectivity index (χ1) is 7.75. The number of hydrogen-bond donors (Lipinski definition) is 0. The fourth-order valence-corrected chi connectivity index (χ4v) is 1.75. The van der Waals surface area contributed by atoms with E-state index in [1.165, 1.54) is 0 Å². The molecule has 1 aliphatic rings. The Balaban J connectivity index is 2.37. The average molecular weight is 210 g/mol. The summed E-state index contributed by atoms with van der Waals surface area (Å²) in [5, 5.41) is 8.92. The molecule has 4 nitrogen and oxygen atoms in total. The third kappa shape index (κ3) is 1.16. The van der Waals surface area contributed by atoms with Crippen LogP contribution in [0.5, 0.6) is 0 Å². The lowest BCUT2D eigenvalue weighted by Gasteiger charge is -2.07. The lowest BCUT2D eigenvalue weighted by Crippen LogP contribution is -2.14. The number of carbonyl (C=O) groups is 2. The summed E-state index contributed by atoms with van der Waals surface area (Å²) in [5.41, 5.74) is 0.794. The summed E-state index contributed by atoms with van der Waals surface area (Å²) in [5.74, 6) is -1.39. The van der Waals surface area contributed by atoms with Crippen molar-refractivity contribution in [2.24, 2.45) is 10.2 Å². The Bertz CT molecular complexity index is 659. The van der Waals surface area contributed by atoms with Crippen LogP contribution in [-0.4, -0.2) is 11.7 Å². The number of nitrogens with zero attached hydrogens (tertiary/aromatic N) is 2. The quantitative estimate of drug-likeness (QED) is 0.627.